The van der Waals surface area contributed by atoms with Crippen molar-refractivity contribution in [2.24, 2.45) is 7.05 Å². The van der Waals surface area contributed by atoms with E-state index in [4.69, 9.17) is 0 Å². The van der Waals surface area contributed by atoms with Crippen LogP contribution in [0.25, 0.3) is 11.1 Å². The second-order valence-electron chi connectivity index (χ2n) is 5.87. The van der Waals surface area contributed by atoms with Crippen molar-refractivity contribution in [1.82, 2.24) is 9.78 Å². The van der Waals surface area contributed by atoms with Crippen LogP contribution in [-0.4, -0.2) is 15.7 Å². The standard InChI is InChI=1S/C19H16F3N3O/c1-12-10-17(24-25(12)2)18(26)23-14-8-9-15(13-6-4-3-5-7-13)16(11-14)19(20,21)22/h3-11H,1-2H3,(H,23,26). The number of hydrogen-bond donors (Lipinski definition) is 1. The fourth-order valence-corrected chi connectivity index (χ4v) is 2.59. The smallest absolute Gasteiger partial charge is 0.321 e. The Labute approximate surface area is 148 Å². The normalized spacial score (nSPS) is 11.4. The Hall–Kier alpha value is -3.09. The molecule has 0 aliphatic rings. The summed E-state index contributed by atoms with van der Waals surface area (Å²) >= 11 is 0. The van der Waals surface area contributed by atoms with Gasteiger partial charge in [0.15, 0.2) is 5.69 Å². The molecule has 0 aliphatic heterocycles. The zero-order valence-electron chi connectivity index (χ0n) is 14.1. The van der Waals surface area contributed by atoms with Crippen LogP contribution in [0.4, 0.5) is 18.9 Å². The van der Waals surface area contributed by atoms with Gasteiger partial charge in [-0.3, -0.25) is 9.48 Å². The van der Waals surface area contributed by atoms with Crippen LogP contribution in [0.2, 0.25) is 0 Å². The molecule has 0 radical (unpaired) electrons. The van der Waals surface area contributed by atoms with Gasteiger partial charge in [0.05, 0.1) is 5.56 Å². The third kappa shape index (κ3) is 3.61. The second kappa shape index (κ2) is 6.67. The zero-order valence-corrected chi connectivity index (χ0v) is 14.1. The SMILES string of the molecule is Cc1cc(C(=O)Nc2ccc(-c3ccccc3)c(C(F)(F)F)c2)nn1C. The first-order chi connectivity index (χ1) is 12.3. The number of aromatic nitrogens is 2. The van der Waals surface area contributed by atoms with Gasteiger partial charge in [-0.15, -0.1) is 0 Å². The number of anilines is 1. The summed E-state index contributed by atoms with van der Waals surface area (Å²) in [6.07, 6.45) is -4.55. The number of aryl methyl sites for hydroxylation is 2. The molecule has 0 aliphatic carbocycles. The molecule has 0 atom stereocenters. The van der Waals surface area contributed by atoms with E-state index in [-0.39, 0.29) is 16.9 Å². The van der Waals surface area contributed by atoms with Crippen molar-refractivity contribution in [2.75, 3.05) is 5.32 Å². The third-order valence-corrected chi connectivity index (χ3v) is 4.01. The minimum atomic E-state index is -4.55. The van der Waals surface area contributed by atoms with Crippen LogP contribution in [0, 0.1) is 6.92 Å². The lowest BCUT2D eigenvalue weighted by molar-refractivity contribution is -0.137. The van der Waals surface area contributed by atoms with Crippen LogP contribution in [-0.2, 0) is 13.2 Å². The van der Waals surface area contributed by atoms with Gasteiger partial charge in [0.1, 0.15) is 0 Å². The molecule has 0 unspecified atom stereocenters. The Balaban J connectivity index is 1.95. The van der Waals surface area contributed by atoms with Gasteiger partial charge in [0.2, 0.25) is 0 Å². The molecule has 26 heavy (non-hydrogen) atoms. The molecular formula is C19H16F3N3O. The maximum atomic E-state index is 13.5. The molecule has 134 valence electrons. The minimum absolute atomic E-state index is 0.0600. The minimum Gasteiger partial charge on any atom is -0.321 e. The van der Waals surface area contributed by atoms with E-state index < -0.39 is 17.6 Å². The molecule has 1 N–H and O–H groups in total. The van der Waals surface area contributed by atoms with E-state index in [1.807, 2.05) is 0 Å². The fourth-order valence-electron chi connectivity index (χ4n) is 2.59. The lowest BCUT2D eigenvalue weighted by Gasteiger charge is -2.15. The molecule has 0 saturated carbocycles. The number of amides is 1. The van der Waals surface area contributed by atoms with Crippen molar-refractivity contribution in [1.29, 1.82) is 0 Å². The van der Waals surface area contributed by atoms with Gasteiger partial charge in [0, 0.05) is 18.4 Å². The highest BCUT2D eigenvalue weighted by molar-refractivity contribution is 6.03. The molecule has 0 saturated heterocycles. The predicted molar refractivity (Wildman–Crippen MR) is 92.8 cm³/mol. The Morgan fingerprint density at radius 2 is 1.77 bits per heavy atom. The summed E-state index contributed by atoms with van der Waals surface area (Å²) in [6, 6.07) is 13.6. The summed E-state index contributed by atoms with van der Waals surface area (Å²) in [5.74, 6) is -0.561. The van der Waals surface area contributed by atoms with E-state index in [1.54, 1.807) is 50.4 Å². The van der Waals surface area contributed by atoms with Crippen LogP contribution in [0.15, 0.2) is 54.6 Å². The van der Waals surface area contributed by atoms with E-state index in [1.165, 1.54) is 16.8 Å². The van der Waals surface area contributed by atoms with Crippen molar-refractivity contribution < 1.29 is 18.0 Å². The van der Waals surface area contributed by atoms with Crippen LogP contribution < -0.4 is 5.32 Å². The van der Waals surface area contributed by atoms with E-state index in [0.717, 1.165) is 11.8 Å². The number of nitrogens with zero attached hydrogens (tertiary/aromatic N) is 2. The summed E-state index contributed by atoms with van der Waals surface area (Å²) < 4.78 is 42.0. The van der Waals surface area contributed by atoms with Crippen molar-refractivity contribution in [3.05, 3.63) is 71.5 Å². The Kier molecular flexibility index (Phi) is 4.54. The number of benzene rings is 2. The van der Waals surface area contributed by atoms with Gasteiger partial charge >= 0.3 is 6.18 Å². The van der Waals surface area contributed by atoms with Gasteiger partial charge in [0.25, 0.3) is 5.91 Å². The highest BCUT2D eigenvalue weighted by Gasteiger charge is 2.34. The molecule has 1 amide bonds. The summed E-state index contributed by atoms with van der Waals surface area (Å²) in [5, 5.41) is 6.50. The summed E-state index contributed by atoms with van der Waals surface area (Å²) in [4.78, 5) is 12.2. The number of hydrogen-bond acceptors (Lipinski definition) is 2. The molecule has 3 aromatic rings. The molecule has 1 aromatic heterocycles. The molecule has 1 heterocycles. The third-order valence-electron chi connectivity index (χ3n) is 4.01. The Morgan fingerprint density at radius 1 is 1.08 bits per heavy atom. The van der Waals surface area contributed by atoms with Crippen molar-refractivity contribution in [3.63, 3.8) is 0 Å². The maximum absolute atomic E-state index is 13.5. The molecule has 0 spiro atoms. The maximum Gasteiger partial charge on any atom is 0.417 e. The van der Waals surface area contributed by atoms with Crippen LogP contribution in [0.3, 0.4) is 0 Å². The van der Waals surface area contributed by atoms with Crippen molar-refractivity contribution in [2.45, 2.75) is 13.1 Å². The zero-order chi connectivity index (χ0) is 18.9. The van der Waals surface area contributed by atoms with Crippen molar-refractivity contribution >= 4 is 11.6 Å². The topological polar surface area (TPSA) is 46.9 Å². The first-order valence-electron chi connectivity index (χ1n) is 7.84. The highest BCUT2D eigenvalue weighted by Crippen LogP contribution is 2.38. The van der Waals surface area contributed by atoms with E-state index in [2.05, 4.69) is 10.4 Å². The number of alkyl halides is 3. The van der Waals surface area contributed by atoms with E-state index in [9.17, 15) is 18.0 Å². The summed E-state index contributed by atoms with van der Waals surface area (Å²) in [5.41, 5.74) is 0.683. The number of carbonyl (C=O) groups is 1. The number of rotatable bonds is 3. The predicted octanol–water partition coefficient (Wildman–Crippen LogP) is 4.67. The Morgan fingerprint density at radius 3 is 2.35 bits per heavy atom. The van der Waals surface area contributed by atoms with Crippen LogP contribution in [0.1, 0.15) is 21.7 Å². The molecule has 2 aromatic carbocycles. The molecule has 4 nitrogen and oxygen atoms in total. The first kappa shape index (κ1) is 17.7. The largest absolute Gasteiger partial charge is 0.417 e. The van der Waals surface area contributed by atoms with Crippen molar-refractivity contribution in [3.8, 4) is 11.1 Å². The summed E-state index contributed by atoms with van der Waals surface area (Å²) in [6.45, 7) is 1.78. The fraction of sp³-hybridized carbons (Fsp3) is 0.158. The lowest BCUT2D eigenvalue weighted by Crippen LogP contribution is -2.14. The van der Waals surface area contributed by atoms with Crippen LogP contribution >= 0.6 is 0 Å². The average molecular weight is 359 g/mol. The van der Waals surface area contributed by atoms with Gasteiger partial charge in [-0.2, -0.15) is 18.3 Å². The van der Waals surface area contributed by atoms with Gasteiger partial charge in [-0.1, -0.05) is 36.4 Å². The van der Waals surface area contributed by atoms with Gasteiger partial charge < -0.3 is 5.32 Å². The van der Waals surface area contributed by atoms with E-state index in [0.29, 0.717) is 5.56 Å². The molecule has 0 bridgehead atoms. The molecule has 7 heteroatoms. The van der Waals surface area contributed by atoms with Gasteiger partial charge in [-0.05, 0) is 36.2 Å². The molecule has 0 fully saturated rings. The monoisotopic (exact) mass is 359 g/mol. The highest BCUT2D eigenvalue weighted by atomic mass is 19.4. The quantitative estimate of drug-likeness (QED) is 0.739. The first-order valence-corrected chi connectivity index (χ1v) is 7.84. The number of carbonyl (C=O) groups excluding carboxylic acids is 1. The number of halogens is 3. The van der Waals surface area contributed by atoms with Gasteiger partial charge in [-0.25, -0.2) is 0 Å². The van der Waals surface area contributed by atoms with Crippen LogP contribution in [0.5, 0.6) is 0 Å². The summed E-state index contributed by atoms with van der Waals surface area (Å²) in [7, 11) is 1.68. The second-order valence-corrected chi connectivity index (χ2v) is 5.87. The van der Waals surface area contributed by atoms with E-state index >= 15 is 0 Å². The average Bonchev–Trinajstić information content (AvgIpc) is 2.94. The molecular weight excluding hydrogens is 343 g/mol. The lowest BCUT2D eigenvalue weighted by atomic mass is 9.98. The molecule has 3 rings (SSSR count). The Bertz CT molecular complexity index is 927. The number of nitrogens with one attached hydrogen (secondary N) is 1.